The van der Waals surface area contributed by atoms with Gasteiger partial charge in [-0.05, 0) is 41.1 Å². The first-order valence-electron chi connectivity index (χ1n) is 5.46. The van der Waals surface area contributed by atoms with Gasteiger partial charge in [0.2, 0.25) is 15.9 Å². The Morgan fingerprint density at radius 3 is 2.40 bits per heavy atom. The number of rotatable bonds is 5. The van der Waals surface area contributed by atoms with Crippen LogP contribution in [0.3, 0.4) is 0 Å². The van der Waals surface area contributed by atoms with Gasteiger partial charge in [-0.1, -0.05) is 0 Å². The summed E-state index contributed by atoms with van der Waals surface area (Å²) in [5.41, 5.74) is 0.419. The summed E-state index contributed by atoms with van der Waals surface area (Å²) < 4.78 is 26.3. The summed E-state index contributed by atoms with van der Waals surface area (Å²) in [6.07, 6.45) is 0. The highest BCUT2D eigenvalue weighted by atomic mass is 79.9. The normalized spacial score (nSPS) is 12.8. The molecule has 0 radical (unpaired) electrons. The zero-order chi connectivity index (χ0) is 15.5. The molecular formula is C11H13BrN2O5S. The fourth-order valence-electron chi connectivity index (χ4n) is 1.31. The van der Waals surface area contributed by atoms with E-state index in [2.05, 4.69) is 21.2 Å². The van der Waals surface area contributed by atoms with E-state index in [1.807, 2.05) is 4.72 Å². The van der Waals surface area contributed by atoms with E-state index < -0.39 is 22.0 Å². The molecule has 0 heterocycles. The second-order valence-electron chi connectivity index (χ2n) is 4.00. The minimum atomic E-state index is -3.95. The average Bonchev–Trinajstić information content (AvgIpc) is 2.30. The molecule has 9 heteroatoms. The van der Waals surface area contributed by atoms with Gasteiger partial charge in [-0.2, -0.15) is 4.72 Å². The van der Waals surface area contributed by atoms with E-state index in [4.69, 9.17) is 5.11 Å². The fourth-order valence-corrected chi connectivity index (χ4v) is 3.16. The number of hydrogen-bond donors (Lipinski definition) is 3. The smallest absolute Gasteiger partial charge is 0.321 e. The van der Waals surface area contributed by atoms with Crippen molar-refractivity contribution >= 4 is 43.5 Å². The minimum Gasteiger partial charge on any atom is -0.480 e. The molecule has 0 saturated carbocycles. The van der Waals surface area contributed by atoms with Crippen molar-refractivity contribution in [1.29, 1.82) is 0 Å². The maximum Gasteiger partial charge on any atom is 0.321 e. The highest BCUT2D eigenvalue weighted by Gasteiger charge is 2.22. The van der Waals surface area contributed by atoms with E-state index in [9.17, 15) is 18.0 Å². The van der Waals surface area contributed by atoms with Crippen LogP contribution < -0.4 is 10.0 Å². The quantitative estimate of drug-likeness (QED) is 0.725. The van der Waals surface area contributed by atoms with Crippen molar-refractivity contribution < 1.29 is 23.1 Å². The van der Waals surface area contributed by atoms with Crippen molar-refractivity contribution in [3.63, 3.8) is 0 Å². The van der Waals surface area contributed by atoms with Crippen LogP contribution in [0.4, 0.5) is 5.69 Å². The Morgan fingerprint density at radius 2 is 1.95 bits per heavy atom. The number of sulfonamides is 1. The van der Waals surface area contributed by atoms with Crippen molar-refractivity contribution in [2.45, 2.75) is 24.8 Å². The summed E-state index contributed by atoms with van der Waals surface area (Å²) in [7, 11) is -3.95. The number of hydrogen-bond acceptors (Lipinski definition) is 4. The number of benzene rings is 1. The number of halogens is 1. The molecule has 110 valence electrons. The third-order valence-corrected chi connectivity index (χ3v) is 4.46. The SMILES string of the molecule is CC(=O)Nc1ccc(S(=O)(=O)N[C@H](C)C(=O)O)cc1Br. The lowest BCUT2D eigenvalue weighted by Crippen LogP contribution is -2.38. The number of carboxylic acids is 1. The molecule has 1 amide bonds. The van der Waals surface area contributed by atoms with E-state index in [1.54, 1.807) is 0 Å². The van der Waals surface area contributed by atoms with E-state index in [0.29, 0.717) is 10.2 Å². The van der Waals surface area contributed by atoms with Gasteiger partial charge in [0, 0.05) is 11.4 Å². The number of carbonyl (C=O) groups excluding carboxylic acids is 1. The number of carboxylic acid groups (broad SMARTS) is 1. The van der Waals surface area contributed by atoms with Crippen LogP contribution in [0.1, 0.15) is 13.8 Å². The molecule has 0 fully saturated rings. The van der Waals surface area contributed by atoms with Crippen LogP contribution in [-0.4, -0.2) is 31.4 Å². The molecular weight excluding hydrogens is 352 g/mol. The third-order valence-electron chi connectivity index (χ3n) is 2.26. The molecule has 0 aromatic heterocycles. The molecule has 7 nitrogen and oxygen atoms in total. The van der Waals surface area contributed by atoms with Crippen LogP contribution in [0.2, 0.25) is 0 Å². The van der Waals surface area contributed by atoms with Gasteiger partial charge in [-0.3, -0.25) is 9.59 Å². The van der Waals surface area contributed by atoms with Gasteiger partial charge < -0.3 is 10.4 Å². The maximum atomic E-state index is 12.0. The second-order valence-corrected chi connectivity index (χ2v) is 6.57. The molecule has 0 bridgehead atoms. The Kier molecular flexibility index (Phi) is 5.26. The lowest BCUT2D eigenvalue weighted by molar-refractivity contribution is -0.138. The van der Waals surface area contributed by atoms with Gasteiger partial charge in [0.15, 0.2) is 0 Å². The lowest BCUT2D eigenvalue weighted by atomic mass is 10.3. The first kappa shape index (κ1) is 16.6. The van der Waals surface area contributed by atoms with Gasteiger partial charge in [0.25, 0.3) is 0 Å². The standard InChI is InChI=1S/C11H13BrN2O5S/c1-6(11(16)17)14-20(18,19)8-3-4-10(9(12)5-8)13-7(2)15/h3-6,14H,1-2H3,(H,13,15)(H,16,17)/t6-/m1/s1. The molecule has 0 saturated heterocycles. The third kappa shape index (κ3) is 4.29. The number of anilines is 1. The van der Waals surface area contributed by atoms with Crippen LogP contribution in [0.15, 0.2) is 27.6 Å². The molecule has 0 spiro atoms. The Bertz CT molecular complexity index is 644. The first-order valence-corrected chi connectivity index (χ1v) is 7.73. The number of nitrogens with one attached hydrogen (secondary N) is 2. The Hall–Kier alpha value is -1.45. The van der Waals surface area contributed by atoms with Crippen molar-refractivity contribution in [2.24, 2.45) is 0 Å². The zero-order valence-corrected chi connectivity index (χ0v) is 13.1. The molecule has 0 unspecified atom stereocenters. The van der Waals surface area contributed by atoms with E-state index in [-0.39, 0.29) is 10.8 Å². The molecule has 3 N–H and O–H groups in total. The minimum absolute atomic E-state index is 0.105. The van der Waals surface area contributed by atoms with Gasteiger partial charge in [0.05, 0.1) is 10.6 Å². The number of aliphatic carboxylic acids is 1. The molecule has 1 aromatic carbocycles. The summed E-state index contributed by atoms with van der Waals surface area (Å²) >= 11 is 3.14. The maximum absolute atomic E-state index is 12.0. The molecule has 0 aliphatic carbocycles. The van der Waals surface area contributed by atoms with Crippen LogP contribution in [0.5, 0.6) is 0 Å². The van der Waals surface area contributed by atoms with Gasteiger partial charge in [-0.25, -0.2) is 8.42 Å². The Morgan fingerprint density at radius 1 is 1.35 bits per heavy atom. The van der Waals surface area contributed by atoms with Gasteiger partial charge in [-0.15, -0.1) is 0 Å². The van der Waals surface area contributed by atoms with E-state index >= 15 is 0 Å². The van der Waals surface area contributed by atoms with Crippen LogP contribution in [0.25, 0.3) is 0 Å². The van der Waals surface area contributed by atoms with Crippen molar-refractivity contribution in [1.82, 2.24) is 4.72 Å². The number of carbonyl (C=O) groups is 2. The predicted molar refractivity (Wildman–Crippen MR) is 75.9 cm³/mol. The average molecular weight is 365 g/mol. The highest BCUT2D eigenvalue weighted by molar-refractivity contribution is 9.10. The summed E-state index contributed by atoms with van der Waals surface area (Å²) in [6.45, 7) is 2.55. The zero-order valence-electron chi connectivity index (χ0n) is 10.7. The highest BCUT2D eigenvalue weighted by Crippen LogP contribution is 2.25. The summed E-state index contributed by atoms with van der Waals surface area (Å²) in [5.74, 6) is -1.57. The second kappa shape index (κ2) is 6.33. The van der Waals surface area contributed by atoms with Crippen LogP contribution in [-0.2, 0) is 19.6 Å². The fraction of sp³-hybridized carbons (Fsp3) is 0.273. The van der Waals surface area contributed by atoms with E-state index in [1.165, 1.54) is 32.0 Å². The first-order chi connectivity index (χ1) is 9.13. The van der Waals surface area contributed by atoms with Gasteiger partial charge in [0.1, 0.15) is 6.04 Å². The molecule has 1 rings (SSSR count). The van der Waals surface area contributed by atoms with Crippen molar-refractivity contribution in [3.05, 3.63) is 22.7 Å². The van der Waals surface area contributed by atoms with Crippen molar-refractivity contribution in [3.8, 4) is 0 Å². The molecule has 0 aliphatic heterocycles. The monoisotopic (exact) mass is 364 g/mol. The number of amides is 1. The summed E-state index contributed by atoms with van der Waals surface area (Å²) in [6, 6.07) is 2.72. The lowest BCUT2D eigenvalue weighted by Gasteiger charge is -2.12. The molecule has 1 aromatic rings. The van der Waals surface area contributed by atoms with Crippen LogP contribution >= 0.6 is 15.9 Å². The molecule has 1 atom stereocenters. The summed E-state index contributed by atoms with van der Waals surface area (Å²) in [5, 5.41) is 11.2. The largest absolute Gasteiger partial charge is 0.480 e. The predicted octanol–water partition coefficient (Wildman–Crippen LogP) is 1.16. The topological polar surface area (TPSA) is 113 Å². The van der Waals surface area contributed by atoms with E-state index in [0.717, 1.165) is 0 Å². The Labute approximate surface area is 124 Å². The van der Waals surface area contributed by atoms with Crippen molar-refractivity contribution in [2.75, 3.05) is 5.32 Å². The molecule has 20 heavy (non-hydrogen) atoms. The van der Waals surface area contributed by atoms with Crippen LogP contribution in [0, 0.1) is 0 Å². The van der Waals surface area contributed by atoms with Gasteiger partial charge >= 0.3 is 5.97 Å². The summed E-state index contributed by atoms with van der Waals surface area (Å²) in [4.78, 5) is 21.5. The molecule has 0 aliphatic rings. The Balaban J connectivity index is 3.05.